The SMILES string of the molecule is C[N+]1=C=[N+]2c3[c-]c4ccccc4cc3Oc3cccc1c32.[Ir].[c-]1ccccc1-c1ccccn1. The van der Waals surface area contributed by atoms with Gasteiger partial charge in [0.25, 0.3) is 5.69 Å². The van der Waals surface area contributed by atoms with Gasteiger partial charge in [0, 0.05) is 32.4 Å². The Bertz CT molecular complexity index is 1540. The molecule has 0 atom stereocenters. The summed E-state index contributed by atoms with van der Waals surface area (Å²) >= 11 is 0. The van der Waals surface area contributed by atoms with E-state index in [0.717, 1.165) is 50.6 Å². The minimum absolute atomic E-state index is 0. The number of para-hydroxylation sites is 1. The largest absolute Gasteiger partial charge is 0.495 e. The number of hydrogen-bond acceptors (Lipinski definition) is 2. The minimum atomic E-state index is 0. The second-order valence-electron chi connectivity index (χ2n) is 7.78. The Morgan fingerprint density at radius 1 is 0.882 bits per heavy atom. The molecular weight excluding hydrogens is 599 g/mol. The van der Waals surface area contributed by atoms with Crippen LogP contribution in [0.25, 0.3) is 22.0 Å². The summed E-state index contributed by atoms with van der Waals surface area (Å²) in [5.74, 6) is 1.68. The molecular formula is C29H19IrN3O. The van der Waals surface area contributed by atoms with Gasteiger partial charge >= 0.3 is 11.7 Å². The number of pyridine rings is 1. The summed E-state index contributed by atoms with van der Waals surface area (Å²) < 4.78 is 10.1. The van der Waals surface area contributed by atoms with E-state index < -0.39 is 0 Å². The predicted octanol–water partition coefficient (Wildman–Crippen LogP) is 6.59. The molecule has 0 N–H and O–H groups in total. The van der Waals surface area contributed by atoms with Crippen LogP contribution in [0.2, 0.25) is 0 Å². The van der Waals surface area contributed by atoms with Gasteiger partial charge in [-0.15, -0.1) is 58.8 Å². The van der Waals surface area contributed by atoms with Crippen LogP contribution in [0.15, 0.2) is 97.2 Å². The Morgan fingerprint density at radius 3 is 2.56 bits per heavy atom. The number of hydrogen-bond donors (Lipinski definition) is 0. The Balaban J connectivity index is 0.000000159. The first-order chi connectivity index (χ1) is 16.3. The molecule has 4 nitrogen and oxygen atoms in total. The van der Waals surface area contributed by atoms with Gasteiger partial charge in [0.05, 0.1) is 0 Å². The van der Waals surface area contributed by atoms with Gasteiger partial charge in [-0.25, -0.2) is 0 Å². The van der Waals surface area contributed by atoms with Gasteiger partial charge in [0.2, 0.25) is 0 Å². The molecule has 34 heavy (non-hydrogen) atoms. The molecule has 165 valence electrons. The van der Waals surface area contributed by atoms with Gasteiger partial charge in [0.1, 0.15) is 5.75 Å². The van der Waals surface area contributed by atoms with E-state index in [1.54, 1.807) is 6.20 Å². The number of aromatic nitrogens is 1. The van der Waals surface area contributed by atoms with Crippen LogP contribution in [0.1, 0.15) is 0 Å². The van der Waals surface area contributed by atoms with Gasteiger partial charge in [-0.2, -0.15) is 0 Å². The second-order valence-corrected chi connectivity index (χ2v) is 7.78. The number of fused-ring (bicyclic) bond motifs is 3. The van der Waals surface area contributed by atoms with Gasteiger partial charge < -0.3 is 9.72 Å². The third-order valence-electron chi connectivity index (χ3n) is 5.64. The first-order valence-corrected chi connectivity index (χ1v) is 10.7. The van der Waals surface area contributed by atoms with E-state index in [4.69, 9.17) is 4.74 Å². The summed E-state index contributed by atoms with van der Waals surface area (Å²) in [6.45, 7) is 0. The van der Waals surface area contributed by atoms with Crippen LogP contribution in [-0.4, -0.2) is 22.6 Å². The van der Waals surface area contributed by atoms with Crippen molar-refractivity contribution in [2.24, 2.45) is 0 Å². The molecule has 0 bridgehead atoms. The molecule has 4 aromatic carbocycles. The quantitative estimate of drug-likeness (QED) is 0.154. The maximum absolute atomic E-state index is 6.09. The van der Waals surface area contributed by atoms with Crippen molar-refractivity contribution in [1.29, 1.82) is 0 Å². The molecule has 0 saturated heterocycles. The summed E-state index contributed by atoms with van der Waals surface area (Å²) in [7, 11) is 1.99. The molecule has 0 fully saturated rings. The van der Waals surface area contributed by atoms with Crippen molar-refractivity contribution in [1.82, 2.24) is 9.56 Å². The first kappa shape index (κ1) is 21.9. The molecule has 1 radical (unpaired) electrons. The van der Waals surface area contributed by atoms with Crippen LogP contribution in [-0.2, 0) is 20.1 Å². The van der Waals surface area contributed by atoms with Crippen LogP contribution in [0, 0.1) is 12.1 Å². The Morgan fingerprint density at radius 2 is 1.74 bits per heavy atom. The molecule has 0 aliphatic carbocycles. The van der Waals surface area contributed by atoms with Crippen LogP contribution in [0.3, 0.4) is 0 Å². The predicted molar refractivity (Wildman–Crippen MR) is 130 cm³/mol. The molecule has 0 spiro atoms. The summed E-state index contributed by atoms with van der Waals surface area (Å²) in [5, 5.41) is 2.21. The van der Waals surface area contributed by atoms with E-state index in [1.807, 2.05) is 82.9 Å². The van der Waals surface area contributed by atoms with E-state index in [2.05, 4.69) is 47.4 Å². The van der Waals surface area contributed by atoms with Gasteiger partial charge in [0.15, 0.2) is 18.5 Å². The molecule has 3 heterocycles. The molecule has 2 aliphatic heterocycles. The van der Waals surface area contributed by atoms with Crippen LogP contribution in [0.4, 0.5) is 17.1 Å². The maximum Gasteiger partial charge on any atom is 0.495 e. The average Bonchev–Trinajstić information content (AvgIpc) is 3.22. The van der Waals surface area contributed by atoms with Gasteiger partial charge in [-0.05, 0) is 17.8 Å². The summed E-state index contributed by atoms with van der Waals surface area (Å²) in [4.78, 5) is 4.22. The van der Waals surface area contributed by atoms with E-state index in [0.29, 0.717) is 0 Å². The smallest absolute Gasteiger partial charge is 0.489 e. The molecule has 0 unspecified atom stereocenters. The van der Waals surface area contributed by atoms with Crippen molar-refractivity contribution in [2.45, 2.75) is 0 Å². The standard InChI is InChI=1S/C18H11N2O.C11H8N.Ir/c1-19-11-20-15-9-12-5-2-3-6-13(12)10-17(15)21-16-8-4-7-14(19)18(16)20;1-2-6-10(7-3-1)11-8-4-5-9-12-11;/h2-8,10H,1H3;1-6,8-9H;/q+1;-1;. The molecule has 2 aliphatic rings. The third-order valence-corrected chi connectivity index (χ3v) is 5.64. The van der Waals surface area contributed by atoms with Crippen molar-refractivity contribution in [3.8, 4) is 22.8 Å². The zero-order valence-corrected chi connectivity index (χ0v) is 20.7. The normalized spacial score (nSPS) is 12.1. The summed E-state index contributed by atoms with van der Waals surface area (Å²) in [6, 6.07) is 39.9. The van der Waals surface area contributed by atoms with Gasteiger partial charge in [-0.1, -0.05) is 51.6 Å². The average molecular weight is 618 g/mol. The topological polar surface area (TPSA) is 28.1 Å². The Labute approximate surface area is 211 Å². The van der Waals surface area contributed by atoms with E-state index in [-0.39, 0.29) is 20.1 Å². The fraction of sp³-hybridized carbons (Fsp3) is 0.0345. The summed E-state index contributed by atoms with van der Waals surface area (Å²) in [5.41, 5.74) is 5.06. The van der Waals surface area contributed by atoms with E-state index >= 15 is 0 Å². The molecule has 0 amide bonds. The van der Waals surface area contributed by atoms with Crippen molar-refractivity contribution in [2.75, 3.05) is 7.05 Å². The molecule has 0 saturated carbocycles. The fourth-order valence-electron chi connectivity index (χ4n) is 4.08. The van der Waals surface area contributed by atoms with Crippen molar-refractivity contribution < 1.29 is 29.4 Å². The van der Waals surface area contributed by atoms with Crippen LogP contribution < -0.4 is 9.31 Å². The monoisotopic (exact) mass is 618 g/mol. The number of ether oxygens (including phenoxy) is 1. The number of benzene rings is 4. The Kier molecular flexibility index (Phi) is 5.91. The zero-order chi connectivity index (χ0) is 22.2. The second kappa shape index (κ2) is 9.17. The maximum atomic E-state index is 6.09. The van der Waals surface area contributed by atoms with E-state index in [9.17, 15) is 0 Å². The first-order valence-electron chi connectivity index (χ1n) is 10.7. The molecule has 1 aromatic heterocycles. The molecule has 5 heteroatoms. The third kappa shape index (κ3) is 3.87. The van der Waals surface area contributed by atoms with Crippen LogP contribution >= 0.6 is 0 Å². The van der Waals surface area contributed by atoms with Crippen molar-refractivity contribution in [3.05, 3.63) is 109 Å². The van der Waals surface area contributed by atoms with Gasteiger partial charge in [-0.3, -0.25) is 0 Å². The number of rotatable bonds is 1. The Hall–Kier alpha value is -3.88. The zero-order valence-electron chi connectivity index (χ0n) is 18.3. The fourth-order valence-corrected chi connectivity index (χ4v) is 4.08. The summed E-state index contributed by atoms with van der Waals surface area (Å²) in [6.07, 6.45) is 1.79. The van der Waals surface area contributed by atoms with Crippen LogP contribution in [0.5, 0.6) is 11.5 Å². The molecule has 5 aromatic rings. The van der Waals surface area contributed by atoms with E-state index in [1.165, 1.54) is 0 Å². The molecule has 7 rings (SSSR count). The van der Waals surface area contributed by atoms with Crippen molar-refractivity contribution >= 4 is 33.8 Å². The van der Waals surface area contributed by atoms with Crippen molar-refractivity contribution in [3.63, 3.8) is 0 Å². The number of nitrogens with zero attached hydrogens (tertiary/aromatic N) is 3. The minimum Gasteiger partial charge on any atom is -0.489 e.